The van der Waals surface area contributed by atoms with E-state index in [9.17, 15) is 23.5 Å². The van der Waals surface area contributed by atoms with Crippen LogP contribution in [0.1, 0.15) is 26.3 Å². The fraction of sp³-hybridized carbons (Fsp3) is 0.222. The first-order chi connectivity index (χ1) is 12.8. The summed E-state index contributed by atoms with van der Waals surface area (Å²) in [6.45, 7) is -2.94. The van der Waals surface area contributed by atoms with Gasteiger partial charge in [-0.25, -0.2) is 0 Å². The third-order valence-corrected chi connectivity index (χ3v) is 3.97. The van der Waals surface area contributed by atoms with Crippen molar-refractivity contribution in [3.8, 4) is 11.5 Å². The Bertz CT molecular complexity index is 857. The number of alkyl halides is 2. The summed E-state index contributed by atoms with van der Waals surface area (Å²) in [5.74, 6) is -0.868. The molecule has 2 aromatic carbocycles. The molecule has 0 radical (unpaired) electrons. The maximum atomic E-state index is 12.7. The Balaban J connectivity index is 1.81. The Morgan fingerprint density at radius 3 is 2.48 bits per heavy atom. The topological polar surface area (TPSA) is 102 Å². The molecule has 0 aliphatic carbocycles. The van der Waals surface area contributed by atoms with Crippen molar-refractivity contribution in [2.45, 2.75) is 19.4 Å². The van der Waals surface area contributed by atoms with E-state index in [1.54, 1.807) is 6.07 Å². The van der Waals surface area contributed by atoms with Gasteiger partial charge in [-0.15, -0.1) is 0 Å². The van der Waals surface area contributed by atoms with Crippen molar-refractivity contribution in [2.75, 3.05) is 6.54 Å². The fourth-order valence-electron chi connectivity index (χ4n) is 2.71. The van der Waals surface area contributed by atoms with E-state index in [1.165, 1.54) is 41.3 Å². The number of nitrogens with two attached hydrogens (primary N) is 1. The first kappa shape index (κ1) is 18.6. The largest absolute Gasteiger partial charge is 0.463 e. The number of ether oxygens (including phenoxy) is 2. The molecule has 1 unspecified atom stereocenters. The van der Waals surface area contributed by atoms with E-state index < -0.39 is 24.7 Å². The number of halogens is 2. The zero-order valence-electron chi connectivity index (χ0n) is 14.0. The number of carbonyl (C=O) groups is 2. The van der Waals surface area contributed by atoms with Crippen LogP contribution in [0.5, 0.6) is 11.5 Å². The predicted molar refractivity (Wildman–Crippen MR) is 89.4 cm³/mol. The molecule has 0 saturated heterocycles. The van der Waals surface area contributed by atoms with Gasteiger partial charge in [0.2, 0.25) is 12.2 Å². The van der Waals surface area contributed by atoms with Gasteiger partial charge in [0, 0.05) is 23.2 Å². The third kappa shape index (κ3) is 4.32. The van der Waals surface area contributed by atoms with E-state index in [4.69, 9.17) is 10.5 Å². The van der Waals surface area contributed by atoms with Crippen LogP contribution in [0.4, 0.5) is 8.78 Å². The second kappa shape index (κ2) is 7.58. The van der Waals surface area contributed by atoms with Crippen LogP contribution < -0.4 is 15.2 Å². The molecule has 0 bridgehead atoms. The van der Waals surface area contributed by atoms with Crippen molar-refractivity contribution in [3.63, 3.8) is 0 Å². The fourth-order valence-corrected chi connectivity index (χ4v) is 2.71. The number of aliphatic hydroxyl groups is 1. The lowest BCUT2D eigenvalue weighted by molar-refractivity contribution is -0.0498. The molecular formula is C18H16F2N2O5. The van der Waals surface area contributed by atoms with Crippen molar-refractivity contribution >= 4 is 11.8 Å². The van der Waals surface area contributed by atoms with Crippen molar-refractivity contribution in [1.82, 2.24) is 4.90 Å². The van der Waals surface area contributed by atoms with Crippen molar-refractivity contribution in [3.05, 3.63) is 59.2 Å². The van der Waals surface area contributed by atoms with E-state index in [2.05, 4.69) is 4.74 Å². The summed E-state index contributed by atoms with van der Waals surface area (Å²) in [6.07, 6.45) is -1.31. The summed E-state index contributed by atoms with van der Waals surface area (Å²) in [7, 11) is 0. The molecular weight excluding hydrogens is 362 g/mol. The molecule has 0 saturated carbocycles. The van der Waals surface area contributed by atoms with Gasteiger partial charge >= 0.3 is 6.61 Å². The van der Waals surface area contributed by atoms with Gasteiger partial charge in [0.25, 0.3) is 5.91 Å². The lowest BCUT2D eigenvalue weighted by Gasteiger charge is -2.21. The van der Waals surface area contributed by atoms with Crippen LogP contribution in [0.25, 0.3) is 0 Å². The number of fused-ring (bicyclic) bond motifs is 1. The van der Waals surface area contributed by atoms with Gasteiger partial charge in [0.15, 0.2) is 0 Å². The molecule has 1 heterocycles. The minimum Gasteiger partial charge on any atom is -0.463 e. The number of β-amino-alcohol motifs (C(OH)–C–C–N with tert-alkyl or cyclic N) is 1. The number of hydrogen-bond acceptors (Lipinski definition) is 5. The van der Waals surface area contributed by atoms with Crippen LogP contribution in [0.3, 0.4) is 0 Å². The third-order valence-electron chi connectivity index (χ3n) is 3.97. The Kier molecular flexibility index (Phi) is 5.22. The number of nitrogens with zero attached hydrogens (tertiary/aromatic N) is 1. The van der Waals surface area contributed by atoms with Crippen LogP contribution >= 0.6 is 0 Å². The molecule has 27 heavy (non-hydrogen) atoms. The Morgan fingerprint density at radius 1 is 1.19 bits per heavy atom. The molecule has 0 aromatic heterocycles. The summed E-state index contributed by atoms with van der Waals surface area (Å²) in [4.78, 5) is 25.4. The second-order valence-electron chi connectivity index (χ2n) is 5.85. The van der Waals surface area contributed by atoms with Gasteiger partial charge in [-0.2, -0.15) is 8.78 Å². The summed E-state index contributed by atoms with van der Waals surface area (Å²) >= 11 is 0. The molecule has 1 aliphatic rings. The minimum atomic E-state index is -2.95. The number of hydrogen-bond donors (Lipinski definition) is 2. The molecule has 9 heteroatoms. The van der Waals surface area contributed by atoms with Crippen molar-refractivity contribution in [1.29, 1.82) is 0 Å². The molecule has 0 fully saturated rings. The van der Waals surface area contributed by atoms with Gasteiger partial charge in [0.05, 0.1) is 6.54 Å². The monoisotopic (exact) mass is 378 g/mol. The van der Waals surface area contributed by atoms with Crippen molar-refractivity contribution < 1.29 is 33.0 Å². The normalized spacial score (nSPS) is 16.3. The number of amides is 2. The highest BCUT2D eigenvalue weighted by Gasteiger charge is 2.26. The highest BCUT2D eigenvalue weighted by Crippen LogP contribution is 2.27. The first-order valence-corrected chi connectivity index (χ1v) is 7.95. The maximum absolute atomic E-state index is 12.7. The smallest absolute Gasteiger partial charge is 0.387 e. The predicted octanol–water partition coefficient (Wildman–Crippen LogP) is 1.74. The Labute approximate surface area is 152 Å². The summed E-state index contributed by atoms with van der Waals surface area (Å²) in [6, 6.07) is 9.74. The lowest BCUT2D eigenvalue weighted by Crippen LogP contribution is -2.37. The molecule has 2 aromatic rings. The number of rotatable bonds is 4. The van der Waals surface area contributed by atoms with Gasteiger partial charge in [-0.1, -0.05) is 6.07 Å². The van der Waals surface area contributed by atoms with Crippen molar-refractivity contribution in [2.24, 2.45) is 5.73 Å². The van der Waals surface area contributed by atoms with E-state index in [0.717, 1.165) is 0 Å². The van der Waals surface area contributed by atoms with Gasteiger partial charge in [-0.3, -0.25) is 9.59 Å². The van der Waals surface area contributed by atoms with Gasteiger partial charge in [-0.05, 0) is 36.4 Å². The van der Waals surface area contributed by atoms with Crippen LogP contribution in [-0.4, -0.2) is 41.3 Å². The first-order valence-electron chi connectivity index (χ1n) is 7.95. The minimum absolute atomic E-state index is 0.0647. The van der Waals surface area contributed by atoms with E-state index in [-0.39, 0.29) is 35.7 Å². The Morgan fingerprint density at radius 2 is 1.85 bits per heavy atom. The number of primary amides is 1. The molecule has 2 amide bonds. The average molecular weight is 378 g/mol. The molecule has 3 N–H and O–H groups in total. The average Bonchev–Trinajstić information content (AvgIpc) is 2.78. The highest BCUT2D eigenvalue weighted by atomic mass is 19.3. The highest BCUT2D eigenvalue weighted by molar-refractivity contribution is 5.95. The molecule has 1 aliphatic heterocycles. The zero-order valence-corrected chi connectivity index (χ0v) is 14.0. The number of benzene rings is 2. The second-order valence-corrected chi connectivity index (χ2v) is 5.85. The molecule has 0 spiro atoms. The lowest BCUT2D eigenvalue weighted by atomic mass is 10.1. The standard InChI is InChI=1S/C18H16F2N2O5/c19-18(20)26-13-5-3-10(4-6-13)17(25)22-8-12-2-1-11(16(21)24)7-14(12)27-15(23)9-22/h1-7,15,18,23H,8-9H2,(H2,21,24). The number of carbonyl (C=O) groups excluding carboxylic acids is 2. The zero-order chi connectivity index (χ0) is 19.6. The molecule has 142 valence electrons. The quantitative estimate of drug-likeness (QED) is 0.844. The van der Waals surface area contributed by atoms with Gasteiger partial charge in [0.1, 0.15) is 11.5 Å². The van der Waals surface area contributed by atoms with Crippen LogP contribution in [0, 0.1) is 0 Å². The van der Waals surface area contributed by atoms with E-state index >= 15 is 0 Å². The summed E-state index contributed by atoms with van der Waals surface area (Å²) in [5, 5.41) is 10.0. The van der Waals surface area contributed by atoms with Crippen LogP contribution in [-0.2, 0) is 6.54 Å². The summed E-state index contributed by atoms with van der Waals surface area (Å²) < 4.78 is 34.0. The SMILES string of the molecule is NC(=O)c1ccc2c(c1)OC(O)CN(C(=O)c1ccc(OC(F)F)cc1)C2. The number of aliphatic hydroxyl groups excluding tert-OH is 1. The van der Waals surface area contributed by atoms with Crippen LogP contribution in [0.15, 0.2) is 42.5 Å². The molecule has 7 nitrogen and oxygen atoms in total. The Hall–Kier alpha value is -3.20. The maximum Gasteiger partial charge on any atom is 0.387 e. The van der Waals surface area contributed by atoms with E-state index in [0.29, 0.717) is 5.56 Å². The molecule has 1 atom stereocenters. The van der Waals surface area contributed by atoms with E-state index in [1.807, 2.05) is 0 Å². The van der Waals surface area contributed by atoms with Gasteiger partial charge < -0.3 is 25.2 Å². The summed E-state index contributed by atoms with van der Waals surface area (Å²) in [5.41, 5.74) is 6.28. The van der Waals surface area contributed by atoms with Crippen LogP contribution in [0.2, 0.25) is 0 Å². The molecule has 3 rings (SSSR count).